The molecule has 0 radical (unpaired) electrons. The summed E-state index contributed by atoms with van der Waals surface area (Å²) in [6.07, 6.45) is 4.91. The van der Waals surface area contributed by atoms with Crippen LogP contribution >= 0.6 is 0 Å². The fourth-order valence-electron chi connectivity index (χ4n) is 1.98. The van der Waals surface area contributed by atoms with Gasteiger partial charge in [-0.3, -0.25) is 0 Å². The van der Waals surface area contributed by atoms with Gasteiger partial charge in [-0.15, -0.1) is 0 Å². The third kappa shape index (κ3) is 2.46. The highest BCUT2D eigenvalue weighted by Gasteiger charge is 2.24. The normalized spacial score (nSPS) is 35.2. The second kappa shape index (κ2) is 4.08. The van der Waals surface area contributed by atoms with Crippen LogP contribution in [0.15, 0.2) is 0 Å². The zero-order valence-corrected chi connectivity index (χ0v) is 7.65. The summed E-state index contributed by atoms with van der Waals surface area (Å²) in [6.45, 7) is 4.22. The maximum absolute atomic E-state index is 13.1. The predicted octanol–water partition coefficient (Wildman–Crippen LogP) is 3.56. The van der Waals surface area contributed by atoms with Gasteiger partial charge in [-0.2, -0.15) is 0 Å². The molecule has 1 atom stereocenters. The number of hydrogen-bond acceptors (Lipinski definition) is 0. The van der Waals surface area contributed by atoms with Gasteiger partial charge in [-0.1, -0.05) is 26.7 Å². The van der Waals surface area contributed by atoms with Gasteiger partial charge in [0.25, 0.3) is 0 Å². The first kappa shape index (κ1) is 9.02. The number of hydrogen-bond donors (Lipinski definition) is 0. The van der Waals surface area contributed by atoms with E-state index in [4.69, 9.17) is 0 Å². The van der Waals surface area contributed by atoms with Crippen molar-refractivity contribution in [2.24, 2.45) is 11.8 Å². The minimum atomic E-state index is -0.525. The van der Waals surface area contributed by atoms with Gasteiger partial charge in [0.15, 0.2) is 0 Å². The van der Waals surface area contributed by atoms with Crippen LogP contribution in [0.5, 0.6) is 0 Å². The van der Waals surface area contributed by atoms with Crippen molar-refractivity contribution in [2.75, 3.05) is 0 Å². The summed E-state index contributed by atoms with van der Waals surface area (Å²) < 4.78 is 13.1. The first-order valence-corrected chi connectivity index (χ1v) is 4.88. The molecule has 1 rings (SSSR count). The Bertz CT molecular complexity index is 103. The number of halogens is 1. The highest BCUT2D eigenvalue weighted by atomic mass is 19.1. The van der Waals surface area contributed by atoms with Gasteiger partial charge in [-0.25, -0.2) is 4.39 Å². The van der Waals surface area contributed by atoms with Crippen LogP contribution in [-0.4, -0.2) is 6.17 Å². The summed E-state index contributed by atoms with van der Waals surface area (Å²) in [6, 6.07) is 0. The molecule has 0 heterocycles. The van der Waals surface area contributed by atoms with Crippen molar-refractivity contribution < 1.29 is 4.39 Å². The van der Waals surface area contributed by atoms with Crippen LogP contribution in [0.25, 0.3) is 0 Å². The average Bonchev–Trinajstić information content (AvgIpc) is 2.05. The molecule has 1 aliphatic carbocycles. The lowest BCUT2D eigenvalue weighted by Crippen LogP contribution is -2.21. The van der Waals surface area contributed by atoms with E-state index in [9.17, 15) is 4.39 Å². The van der Waals surface area contributed by atoms with Crippen LogP contribution in [0.1, 0.15) is 46.0 Å². The Morgan fingerprint density at radius 2 is 1.82 bits per heavy atom. The Hall–Kier alpha value is -0.0700. The predicted molar refractivity (Wildman–Crippen MR) is 46.3 cm³/mol. The van der Waals surface area contributed by atoms with Crippen LogP contribution in [-0.2, 0) is 0 Å². The topological polar surface area (TPSA) is 0 Å². The molecule has 0 aliphatic heterocycles. The molecule has 1 heteroatoms. The minimum Gasteiger partial charge on any atom is -0.247 e. The fourth-order valence-corrected chi connectivity index (χ4v) is 1.98. The molecule has 0 aromatic heterocycles. The maximum atomic E-state index is 13.1. The molecule has 11 heavy (non-hydrogen) atoms. The highest BCUT2D eigenvalue weighted by Crippen LogP contribution is 2.32. The number of rotatable bonds is 2. The van der Waals surface area contributed by atoms with Crippen molar-refractivity contribution in [3.05, 3.63) is 0 Å². The van der Waals surface area contributed by atoms with Gasteiger partial charge < -0.3 is 0 Å². The van der Waals surface area contributed by atoms with Gasteiger partial charge in [0.2, 0.25) is 0 Å². The molecule has 0 spiro atoms. The zero-order chi connectivity index (χ0) is 8.27. The first-order chi connectivity index (χ1) is 5.24. The smallest absolute Gasteiger partial charge is 0.103 e. The second-order valence-corrected chi connectivity index (χ2v) is 3.94. The van der Waals surface area contributed by atoms with Crippen LogP contribution in [0, 0.1) is 11.8 Å². The first-order valence-electron chi connectivity index (χ1n) is 4.88. The largest absolute Gasteiger partial charge is 0.247 e. The Kier molecular flexibility index (Phi) is 3.35. The molecule has 1 fully saturated rings. The molecule has 0 aromatic rings. The van der Waals surface area contributed by atoms with E-state index in [-0.39, 0.29) is 0 Å². The van der Waals surface area contributed by atoms with E-state index in [2.05, 4.69) is 6.92 Å². The fraction of sp³-hybridized carbons (Fsp3) is 1.00. The van der Waals surface area contributed by atoms with Gasteiger partial charge >= 0.3 is 0 Å². The van der Waals surface area contributed by atoms with Crippen molar-refractivity contribution in [3.63, 3.8) is 0 Å². The highest BCUT2D eigenvalue weighted by molar-refractivity contribution is 4.75. The van der Waals surface area contributed by atoms with Crippen LogP contribution < -0.4 is 0 Å². The van der Waals surface area contributed by atoms with Crippen molar-refractivity contribution >= 4 is 0 Å². The van der Waals surface area contributed by atoms with E-state index < -0.39 is 6.17 Å². The van der Waals surface area contributed by atoms with Gasteiger partial charge in [0, 0.05) is 0 Å². The summed E-state index contributed by atoms with van der Waals surface area (Å²) in [4.78, 5) is 0. The molecule has 0 aromatic carbocycles. The van der Waals surface area contributed by atoms with E-state index >= 15 is 0 Å². The summed E-state index contributed by atoms with van der Waals surface area (Å²) in [5.41, 5.74) is 0. The molecule has 0 amide bonds. The number of alkyl halides is 1. The standard InChI is InChI=1S/C10H19F/c1-3-10(11)9-6-4-8(2)5-7-9/h8-10H,3-7H2,1-2H3. The monoisotopic (exact) mass is 158 g/mol. The molecule has 1 saturated carbocycles. The van der Waals surface area contributed by atoms with E-state index in [0.717, 1.165) is 18.8 Å². The Balaban J connectivity index is 2.27. The molecule has 1 unspecified atom stereocenters. The lowest BCUT2D eigenvalue weighted by Gasteiger charge is -2.27. The quantitative estimate of drug-likeness (QED) is 0.576. The van der Waals surface area contributed by atoms with Crippen LogP contribution in [0.2, 0.25) is 0 Å². The van der Waals surface area contributed by atoms with Crippen LogP contribution in [0.4, 0.5) is 4.39 Å². The molecule has 0 nitrogen and oxygen atoms in total. The zero-order valence-electron chi connectivity index (χ0n) is 7.65. The lowest BCUT2D eigenvalue weighted by molar-refractivity contribution is 0.157. The molecule has 0 bridgehead atoms. The van der Waals surface area contributed by atoms with E-state index in [1.54, 1.807) is 0 Å². The van der Waals surface area contributed by atoms with Gasteiger partial charge in [0.05, 0.1) is 0 Å². The summed E-state index contributed by atoms with van der Waals surface area (Å²) >= 11 is 0. The van der Waals surface area contributed by atoms with Gasteiger partial charge in [0.1, 0.15) is 6.17 Å². The Morgan fingerprint density at radius 3 is 2.27 bits per heavy atom. The van der Waals surface area contributed by atoms with Crippen LogP contribution in [0.3, 0.4) is 0 Å². The third-order valence-corrected chi connectivity index (χ3v) is 2.96. The minimum absolute atomic E-state index is 0.385. The molecular formula is C10H19F. The summed E-state index contributed by atoms with van der Waals surface area (Å²) in [7, 11) is 0. The molecule has 0 N–H and O–H groups in total. The Morgan fingerprint density at radius 1 is 1.27 bits per heavy atom. The van der Waals surface area contributed by atoms with Gasteiger partial charge in [-0.05, 0) is 31.1 Å². The van der Waals surface area contributed by atoms with E-state index in [1.165, 1.54) is 12.8 Å². The molecule has 0 saturated heterocycles. The lowest BCUT2D eigenvalue weighted by atomic mass is 9.80. The Labute approximate surface area is 69.2 Å². The SMILES string of the molecule is CCC(F)C1CCC(C)CC1. The average molecular weight is 158 g/mol. The van der Waals surface area contributed by atoms with E-state index in [1.807, 2.05) is 6.92 Å². The third-order valence-electron chi connectivity index (χ3n) is 2.96. The summed E-state index contributed by atoms with van der Waals surface area (Å²) in [5.74, 6) is 1.23. The molecule has 66 valence electrons. The molecular weight excluding hydrogens is 139 g/mol. The second-order valence-electron chi connectivity index (χ2n) is 3.94. The molecule has 1 aliphatic rings. The van der Waals surface area contributed by atoms with E-state index in [0.29, 0.717) is 12.3 Å². The van der Waals surface area contributed by atoms with Crippen molar-refractivity contribution in [2.45, 2.75) is 52.1 Å². The van der Waals surface area contributed by atoms with Crippen molar-refractivity contribution in [1.29, 1.82) is 0 Å². The van der Waals surface area contributed by atoms with Crippen molar-refractivity contribution in [3.8, 4) is 0 Å². The summed E-state index contributed by atoms with van der Waals surface area (Å²) in [5, 5.41) is 0. The maximum Gasteiger partial charge on any atom is 0.103 e. The van der Waals surface area contributed by atoms with Crippen molar-refractivity contribution in [1.82, 2.24) is 0 Å².